The Kier molecular flexibility index (Phi) is 12.0. The van der Waals surface area contributed by atoms with Gasteiger partial charge in [0.25, 0.3) is 0 Å². The second-order valence-corrected chi connectivity index (χ2v) is 10.3. The average Bonchev–Trinajstić information content (AvgIpc) is 2.75. The van der Waals surface area contributed by atoms with E-state index in [0.29, 0.717) is 18.8 Å². The molecule has 0 aliphatic carbocycles. The lowest BCUT2D eigenvalue weighted by atomic mass is 10.0. The van der Waals surface area contributed by atoms with Crippen LogP contribution in [0.15, 0.2) is 42.5 Å². The number of unbranched alkanes of at least 4 members (excludes halogenated alkanes) is 8. The van der Waals surface area contributed by atoms with Crippen molar-refractivity contribution in [1.82, 2.24) is 0 Å². The molecule has 0 aromatic heterocycles. The number of benzene rings is 2. The molecule has 0 saturated carbocycles. The Balaban J connectivity index is 1.57. The van der Waals surface area contributed by atoms with Gasteiger partial charge in [-0.2, -0.15) is 0 Å². The number of hydrogen-bond acceptors (Lipinski definition) is 2. The molecule has 2 aromatic carbocycles. The van der Waals surface area contributed by atoms with Crippen LogP contribution in [-0.2, 0) is 11.0 Å². The average molecular weight is 465 g/mol. The molecule has 32 heavy (non-hydrogen) atoms. The molecule has 0 spiro atoms. The minimum absolute atomic E-state index is 0.00244. The van der Waals surface area contributed by atoms with Gasteiger partial charge in [-0.1, -0.05) is 88.6 Å². The lowest BCUT2D eigenvalue weighted by Gasteiger charge is -2.09. The standard InChI is InChI=1S/C26H38FO4P/c1-2-12-22-13-15-23(16-14-22)24-17-18-26(25(27)21-24)31-19-10-8-6-4-3-5-7-9-11-20-32(28,29)30/h13-18,21H,2-12,19-20H2,1H3,(H2,28,29,30). The SMILES string of the molecule is CCCc1ccc(-c2ccc(OCCCCCCCCCCCP(=O)(O)O)c(F)c2)cc1. The third-order valence-corrected chi connectivity index (χ3v) is 6.51. The third-order valence-electron chi connectivity index (χ3n) is 5.61. The van der Waals surface area contributed by atoms with E-state index in [1.807, 2.05) is 18.2 Å². The summed E-state index contributed by atoms with van der Waals surface area (Å²) in [5, 5.41) is 0. The zero-order valence-corrected chi connectivity index (χ0v) is 20.2. The Hall–Kier alpha value is -1.68. The predicted molar refractivity (Wildman–Crippen MR) is 130 cm³/mol. The quantitative estimate of drug-likeness (QED) is 0.199. The van der Waals surface area contributed by atoms with Crippen molar-refractivity contribution in [3.8, 4) is 16.9 Å². The van der Waals surface area contributed by atoms with Gasteiger partial charge in [-0.05, 0) is 48.1 Å². The zero-order valence-electron chi connectivity index (χ0n) is 19.3. The van der Waals surface area contributed by atoms with Crippen LogP contribution in [0, 0.1) is 5.82 Å². The van der Waals surface area contributed by atoms with Gasteiger partial charge in [0.2, 0.25) is 0 Å². The van der Waals surface area contributed by atoms with Crippen LogP contribution in [0.2, 0.25) is 0 Å². The Morgan fingerprint density at radius 2 is 1.38 bits per heavy atom. The van der Waals surface area contributed by atoms with Crippen LogP contribution >= 0.6 is 7.60 Å². The first-order valence-corrected chi connectivity index (χ1v) is 13.7. The van der Waals surface area contributed by atoms with Crippen molar-refractivity contribution in [3.05, 3.63) is 53.8 Å². The molecule has 0 fully saturated rings. The van der Waals surface area contributed by atoms with Gasteiger partial charge < -0.3 is 14.5 Å². The molecule has 2 rings (SSSR count). The Morgan fingerprint density at radius 1 is 0.812 bits per heavy atom. The van der Waals surface area contributed by atoms with Gasteiger partial charge >= 0.3 is 7.60 Å². The maximum absolute atomic E-state index is 14.4. The zero-order chi connectivity index (χ0) is 23.2. The highest BCUT2D eigenvalue weighted by molar-refractivity contribution is 7.51. The van der Waals surface area contributed by atoms with Gasteiger partial charge in [0.1, 0.15) is 0 Å². The molecule has 178 valence electrons. The van der Waals surface area contributed by atoms with E-state index >= 15 is 0 Å². The highest BCUT2D eigenvalue weighted by atomic mass is 31.2. The summed E-state index contributed by atoms with van der Waals surface area (Å²) in [6, 6.07) is 13.5. The van der Waals surface area contributed by atoms with Gasteiger partial charge in [0.05, 0.1) is 6.61 Å². The summed E-state index contributed by atoms with van der Waals surface area (Å²) < 4.78 is 30.8. The lowest BCUT2D eigenvalue weighted by Crippen LogP contribution is -1.99. The molecule has 6 heteroatoms. The first kappa shape index (κ1) is 26.6. The third kappa shape index (κ3) is 10.8. The van der Waals surface area contributed by atoms with E-state index in [1.54, 1.807) is 12.1 Å². The lowest BCUT2D eigenvalue weighted by molar-refractivity contribution is 0.290. The first-order chi connectivity index (χ1) is 15.4. The number of hydrogen-bond donors (Lipinski definition) is 2. The van der Waals surface area contributed by atoms with Crippen molar-refractivity contribution in [3.63, 3.8) is 0 Å². The highest BCUT2D eigenvalue weighted by Crippen LogP contribution is 2.35. The van der Waals surface area contributed by atoms with E-state index in [0.717, 1.165) is 75.3 Å². The van der Waals surface area contributed by atoms with E-state index in [9.17, 15) is 8.96 Å². The molecule has 0 aliphatic heterocycles. The summed E-state index contributed by atoms with van der Waals surface area (Å²) in [6.07, 6.45) is 11.2. The molecule has 2 aromatic rings. The molecule has 4 nitrogen and oxygen atoms in total. The first-order valence-electron chi connectivity index (χ1n) is 12.0. The van der Waals surface area contributed by atoms with Crippen LogP contribution in [0.25, 0.3) is 11.1 Å². The molecule has 0 aliphatic rings. The van der Waals surface area contributed by atoms with Crippen LogP contribution in [0.1, 0.15) is 76.7 Å². The minimum atomic E-state index is -3.82. The molecule has 0 atom stereocenters. The van der Waals surface area contributed by atoms with E-state index in [4.69, 9.17) is 14.5 Å². The summed E-state index contributed by atoms with van der Waals surface area (Å²) in [5.41, 5.74) is 3.17. The van der Waals surface area contributed by atoms with Crippen molar-refractivity contribution >= 4 is 7.60 Å². The van der Waals surface area contributed by atoms with Crippen molar-refractivity contribution in [2.45, 2.75) is 77.6 Å². The number of ether oxygens (including phenoxy) is 1. The van der Waals surface area contributed by atoms with Gasteiger partial charge in [-0.25, -0.2) is 4.39 Å². The second-order valence-electron chi connectivity index (χ2n) is 8.51. The van der Waals surface area contributed by atoms with Crippen LogP contribution in [0.5, 0.6) is 5.75 Å². The van der Waals surface area contributed by atoms with E-state index in [1.165, 1.54) is 5.56 Å². The number of rotatable bonds is 16. The molecule has 0 unspecified atom stereocenters. The maximum Gasteiger partial charge on any atom is 0.325 e. The highest BCUT2D eigenvalue weighted by Gasteiger charge is 2.11. The summed E-state index contributed by atoms with van der Waals surface area (Å²) in [4.78, 5) is 17.6. The largest absolute Gasteiger partial charge is 0.491 e. The summed E-state index contributed by atoms with van der Waals surface area (Å²) in [5.74, 6) is -0.00876. The van der Waals surface area contributed by atoms with Gasteiger partial charge in [0, 0.05) is 6.16 Å². The molecule has 0 heterocycles. The van der Waals surface area contributed by atoms with Crippen molar-refractivity contribution in [2.24, 2.45) is 0 Å². The molecule has 0 saturated heterocycles. The van der Waals surface area contributed by atoms with Crippen LogP contribution < -0.4 is 4.74 Å². The Morgan fingerprint density at radius 3 is 1.94 bits per heavy atom. The van der Waals surface area contributed by atoms with Crippen molar-refractivity contribution < 1.29 is 23.5 Å². The normalized spacial score (nSPS) is 11.6. The van der Waals surface area contributed by atoms with Gasteiger partial charge in [-0.3, -0.25) is 4.57 Å². The Bertz CT molecular complexity index is 832. The topological polar surface area (TPSA) is 66.8 Å². The van der Waals surface area contributed by atoms with Gasteiger partial charge in [0.15, 0.2) is 11.6 Å². The minimum Gasteiger partial charge on any atom is -0.491 e. The molecule has 2 N–H and O–H groups in total. The summed E-state index contributed by atoms with van der Waals surface area (Å²) >= 11 is 0. The molecule has 0 radical (unpaired) electrons. The smallest absolute Gasteiger partial charge is 0.325 e. The number of halogens is 1. The van der Waals surface area contributed by atoms with E-state index < -0.39 is 7.60 Å². The second kappa shape index (κ2) is 14.5. The molecular weight excluding hydrogens is 426 g/mol. The van der Waals surface area contributed by atoms with Crippen LogP contribution in [0.4, 0.5) is 4.39 Å². The number of aryl methyl sites for hydroxylation is 1. The van der Waals surface area contributed by atoms with Crippen molar-refractivity contribution in [2.75, 3.05) is 12.8 Å². The fourth-order valence-electron chi connectivity index (χ4n) is 3.79. The fourth-order valence-corrected chi connectivity index (χ4v) is 4.42. The van der Waals surface area contributed by atoms with Crippen LogP contribution in [-0.4, -0.2) is 22.6 Å². The summed E-state index contributed by atoms with van der Waals surface area (Å²) in [7, 11) is -3.82. The van der Waals surface area contributed by atoms with E-state index in [-0.39, 0.29) is 12.0 Å². The van der Waals surface area contributed by atoms with E-state index in [2.05, 4.69) is 19.1 Å². The van der Waals surface area contributed by atoms with Crippen LogP contribution in [0.3, 0.4) is 0 Å². The monoisotopic (exact) mass is 464 g/mol. The summed E-state index contributed by atoms with van der Waals surface area (Å²) in [6.45, 7) is 2.68. The fraction of sp³-hybridized carbons (Fsp3) is 0.538. The maximum atomic E-state index is 14.4. The molecule has 0 bridgehead atoms. The molecular formula is C26H38FO4P. The van der Waals surface area contributed by atoms with Crippen molar-refractivity contribution in [1.29, 1.82) is 0 Å². The Labute approximate surface area is 192 Å². The predicted octanol–water partition coefficient (Wildman–Crippen LogP) is 7.51. The van der Waals surface area contributed by atoms with Gasteiger partial charge in [-0.15, -0.1) is 0 Å². The molecule has 0 amide bonds.